The van der Waals surface area contributed by atoms with Crippen molar-refractivity contribution < 1.29 is 19.1 Å². The highest BCUT2D eigenvalue weighted by molar-refractivity contribution is 5.89. The van der Waals surface area contributed by atoms with Crippen molar-refractivity contribution in [2.75, 3.05) is 13.7 Å². The molecular weight excluding hydrogens is 268 g/mol. The zero-order chi connectivity index (χ0) is 15.2. The van der Waals surface area contributed by atoms with Crippen molar-refractivity contribution in [1.29, 1.82) is 0 Å². The van der Waals surface area contributed by atoms with Crippen LogP contribution in [-0.4, -0.2) is 25.7 Å². The smallest absolute Gasteiger partial charge is 0.337 e. The van der Waals surface area contributed by atoms with Gasteiger partial charge in [0, 0.05) is 0 Å². The van der Waals surface area contributed by atoms with E-state index in [1.54, 1.807) is 12.1 Å². The van der Waals surface area contributed by atoms with Crippen LogP contribution in [0.1, 0.15) is 54.4 Å². The van der Waals surface area contributed by atoms with Gasteiger partial charge in [0.25, 0.3) is 0 Å². The Labute approximate surface area is 125 Å². The molecule has 4 nitrogen and oxygen atoms in total. The average Bonchev–Trinajstić information content (AvgIpc) is 2.54. The van der Waals surface area contributed by atoms with Gasteiger partial charge in [-0.2, -0.15) is 0 Å². The van der Waals surface area contributed by atoms with Gasteiger partial charge in [-0.25, -0.2) is 4.79 Å². The summed E-state index contributed by atoms with van der Waals surface area (Å²) in [5.41, 5.74) is 1.80. The van der Waals surface area contributed by atoms with E-state index in [-0.39, 0.29) is 17.9 Å². The molecule has 0 N–H and O–H groups in total. The van der Waals surface area contributed by atoms with Crippen LogP contribution in [0.5, 0.6) is 0 Å². The van der Waals surface area contributed by atoms with Gasteiger partial charge >= 0.3 is 11.9 Å². The van der Waals surface area contributed by atoms with E-state index in [4.69, 9.17) is 9.47 Å². The summed E-state index contributed by atoms with van der Waals surface area (Å²) < 4.78 is 9.78. The number of methoxy groups -OCH3 is 1. The van der Waals surface area contributed by atoms with Gasteiger partial charge in [-0.05, 0) is 56.2 Å². The number of carbonyl (C=O) groups is 2. The highest BCUT2D eigenvalue weighted by Gasteiger charge is 2.27. The molecule has 1 aliphatic carbocycles. The topological polar surface area (TPSA) is 52.6 Å². The molecule has 1 aromatic rings. The van der Waals surface area contributed by atoms with Crippen LogP contribution in [0.4, 0.5) is 0 Å². The molecule has 1 aromatic carbocycles. The van der Waals surface area contributed by atoms with Crippen LogP contribution in [0.15, 0.2) is 24.3 Å². The minimum atomic E-state index is -0.312. The van der Waals surface area contributed by atoms with Crippen molar-refractivity contribution in [2.45, 2.75) is 38.5 Å². The van der Waals surface area contributed by atoms with Crippen molar-refractivity contribution in [2.24, 2.45) is 5.92 Å². The van der Waals surface area contributed by atoms with Crippen LogP contribution >= 0.6 is 0 Å². The van der Waals surface area contributed by atoms with E-state index in [1.807, 2.05) is 19.1 Å². The van der Waals surface area contributed by atoms with Crippen molar-refractivity contribution in [3.05, 3.63) is 35.4 Å². The predicted octanol–water partition coefficient (Wildman–Crippen LogP) is 3.31. The molecule has 0 heterocycles. The number of hydrogen-bond donors (Lipinski definition) is 0. The van der Waals surface area contributed by atoms with Crippen LogP contribution in [0.25, 0.3) is 0 Å². The molecule has 0 spiro atoms. The first-order valence-corrected chi connectivity index (χ1v) is 7.50. The van der Waals surface area contributed by atoms with Crippen LogP contribution in [0.2, 0.25) is 0 Å². The third-order valence-electron chi connectivity index (χ3n) is 4.15. The summed E-state index contributed by atoms with van der Waals surface area (Å²) in [5.74, 6) is 0.141. The predicted molar refractivity (Wildman–Crippen MR) is 79.1 cm³/mol. The normalized spacial score (nSPS) is 21.6. The van der Waals surface area contributed by atoms with E-state index in [9.17, 15) is 9.59 Å². The molecule has 0 saturated heterocycles. The van der Waals surface area contributed by atoms with Gasteiger partial charge in [0.05, 0.1) is 25.2 Å². The van der Waals surface area contributed by atoms with E-state index < -0.39 is 0 Å². The molecule has 0 unspecified atom stereocenters. The molecular formula is C17H22O4. The second kappa shape index (κ2) is 7.25. The fraction of sp³-hybridized carbons (Fsp3) is 0.529. The number of rotatable bonds is 4. The Hall–Kier alpha value is -1.84. The molecule has 0 aliphatic heterocycles. The lowest BCUT2D eigenvalue weighted by atomic mass is 9.78. The van der Waals surface area contributed by atoms with Crippen LogP contribution in [0.3, 0.4) is 0 Å². The largest absolute Gasteiger partial charge is 0.466 e. The van der Waals surface area contributed by atoms with E-state index in [0.29, 0.717) is 18.1 Å². The third kappa shape index (κ3) is 3.84. The Balaban J connectivity index is 1.93. The highest BCUT2D eigenvalue weighted by atomic mass is 16.5. The van der Waals surface area contributed by atoms with Gasteiger partial charge in [-0.3, -0.25) is 4.79 Å². The summed E-state index contributed by atoms with van der Waals surface area (Å²) >= 11 is 0. The first kappa shape index (κ1) is 15.5. The second-order valence-corrected chi connectivity index (χ2v) is 5.41. The Morgan fingerprint density at radius 1 is 1.10 bits per heavy atom. The Kier molecular flexibility index (Phi) is 5.37. The molecule has 1 saturated carbocycles. The first-order valence-electron chi connectivity index (χ1n) is 7.50. The molecule has 1 aliphatic rings. The minimum absolute atomic E-state index is 0.0514. The first-order chi connectivity index (χ1) is 10.2. The van der Waals surface area contributed by atoms with Crippen molar-refractivity contribution in [3.63, 3.8) is 0 Å². The average molecular weight is 290 g/mol. The van der Waals surface area contributed by atoms with E-state index >= 15 is 0 Å². The van der Waals surface area contributed by atoms with Crippen molar-refractivity contribution in [1.82, 2.24) is 0 Å². The van der Waals surface area contributed by atoms with Gasteiger partial charge in [0.2, 0.25) is 0 Å². The van der Waals surface area contributed by atoms with Gasteiger partial charge < -0.3 is 9.47 Å². The maximum absolute atomic E-state index is 11.7. The van der Waals surface area contributed by atoms with Crippen molar-refractivity contribution in [3.8, 4) is 0 Å². The summed E-state index contributed by atoms with van der Waals surface area (Å²) in [6, 6.07) is 7.58. The summed E-state index contributed by atoms with van der Waals surface area (Å²) in [6.45, 7) is 2.29. The maximum Gasteiger partial charge on any atom is 0.337 e. The minimum Gasteiger partial charge on any atom is -0.466 e. The molecule has 1 fully saturated rings. The van der Waals surface area contributed by atoms with Crippen LogP contribution < -0.4 is 0 Å². The standard InChI is InChI=1S/C17H22O4/c1-3-21-17(19)15-10-6-13(7-11-15)12-4-8-14(9-5-12)16(18)20-2/h4-5,8-9,13,15H,3,6-7,10-11H2,1-2H3. The quantitative estimate of drug-likeness (QED) is 0.798. The SMILES string of the molecule is CCOC(=O)C1CCC(c2ccc(C(=O)OC)cc2)CC1. The zero-order valence-corrected chi connectivity index (χ0v) is 12.6. The lowest BCUT2D eigenvalue weighted by Crippen LogP contribution is -2.23. The monoisotopic (exact) mass is 290 g/mol. The van der Waals surface area contributed by atoms with E-state index in [1.165, 1.54) is 12.7 Å². The number of ether oxygens (including phenoxy) is 2. The van der Waals surface area contributed by atoms with Gasteiger partial charge in [-0.15, -0.1) is 0 Å². The molecule has 0 aromatic heterocycles. The lowest BCUT2D eigenvalue weighted by Gasteiger charge is -2.27. The lowest BCUT2D eigenvalue weighted by molar-refractivity contribution is -0.149. The molecule has 0 amide bonds. The Morgan fingerprint density at radius 3 is 2.24 bits per heavy atom. The maximum atomic E-state index is 11.7. The van der Waals surface area contributed by atoms with Crippen LogP contribution in [-0.2, 0) is 14.3 Å². The molecule has 114 valence electrons. The number of carbonyl (C=O) groups excluding carboxylic acids is 2. The van der Waals surface area contributed by atoms with E-state index in [2.05, 4.69) is 0 Å². The second-order valence-electron chi connectivity index (χ2n) is 5.41. The summed E-state index contributed by atoms with van der Waals surface area (Å²) in [7, 11) is 1.38. The van der Waals surface area contributed by atoms with Gasteiger partial charge in [0.1, 0.15) is 0 Å². The summed E-state index contributed by atoms with van der Waals surface area (Å²) in [6.07, 6.45) is 3.73. The fourth-order valence-corrected chi connectivity index (χ4v) is 2.93. The van der Waals surface area contributed by atoms with Crippen molar-refractivity contribution >= 4 is 11.9 Å². The molecule has 0 bridgehead atoms. The zero-order valence-electron chi connectivity index (χ0n) is 12.6. The van der Waals surface area contributed by atoms with Crippen LogP contribution in [0, 0.1) is 5.92 Å². The van der Waals surface area contributed by atoms with Gasteiger partial charge in [-0.1, -0.05) is 12.1 Å². The number of hydrogen-bond acceptors (Lipinski definition) is 4. The highest BCUT2D eigenvalue weighted by Crippen LogP contribution is 2.36. The molecule has 21 heavy (non-hydrogen) atoms. The third-order valence-corrected chi connectivity index (χ3v) is 4.15. The molecule has 2 rings (SSSR count). The Bertz CT molecular complexity index is 484. The fourth-order valence-electron chi connectivity index (χ4n) is 2.93. The summed E-state index contributed by atoms with van der Waals surface area (Å²) in [5, 5.41) is 0. The Morgan fingerprint density at radius 2 is 1.71 bits per heavy atom. The van der Waals surface area contributed by atoms with Gasteiger partial charge in [0.15, 0.2) is 0 Å². The molecule has 0 radical (unpaired) electrons. The summed E-state index contributed by atoms with van der Waals surface area (Å²) in [4.78, 5) is 23.1. The molecule has 0 atom stereocenters. The van der Waals surface area contributed by atoms with E-state index in [0.717, 1.165) is 25.7 Å². The number of esters is 2. The number of benzene rings is 1. The molecule has 4 heteroatoms.